The van der Waals surface area contributed by atoms with Crippen molar-refractivity contribution in [1.82, 2.24) is 5.32 Å². The molecule has 2 aliphatic rings. The largest absolute Gasteiger partial charge is 0.349 e. The van der Waals surface area contributed by atoms with Crippen LogP contribution < -0.4 is 9.62 Å². The molecular formula is C22H25FN2O3S. The lowest BCUT2D eigenvalue weighted by molar-refractivity contribution is 0.0923. The number of carbonyl (C=O) groups is 1. The van der Waals surface area contributed by atoms with Gasteiger partial charge in [-0.25, -0.2) is 12.8 Å². The van der Waals surface area contributed by atoms with Gasteiger partial charge in [0, 0.05) is 11.6 Å². The van der Waals surface area contributed by atoms with E-state index in [2.05, 4.69) is 5.32 Å². The lowest BCUT2D eigenvalue weighted by Gasteiger charge is -2.24. The number of hydrogen-bond acceptors (Lipinski definition) is 3. The maximum atomic E-state index is 13.1. The van der Waals surface area contributed by atoms with Crippen molar-refractivity contribution in [2.75, 3.05) is 10.6 Å². The van der Waals surface area contributed by atoms with Crippen molar-refractivity contribution in [3.8, 4) is 0 Å². The number of hydrogen-bond donors (Lipinski definition) is 1. The molecule has 154 valence electrons. The molecular weight excluding hydrogens is 391 g/mol. The molecule has 2 aromatic carbocycles. The number of nitrogens with one attached hydrogen (secondary N) is 1. The summed E-state index contributed by atoms with van der Waals surface area (Å²) in [6.45, 7) is 0.0931. The Bertz CT molecular complexity index is 990. The smallest absolute Gasteiger partial charge is 0.251 e. The van der Waals surface area contributed by atoms with Gasteiger partial charge in [0.15, 0.2) is 0 Å². The first-order chi connectivity index (χ1) is 13.8. The van der Waals surface area contributed by atoms with Crippen LogP contribution in [0.1, 0.15) is 41.6 Å². The molecule has 4 rings (SSSR count). The molecule has 5 nitrogen and oxygen atoms in total. The first-order valence-corrected chi connectivity index (χ1v) is 11.8. The van der Waals surface area contributed by atoms with Crippen LogP contribution in [0.4, 0.5) is 10.1 Å². The van der Waals surface area contributed by atoms with Gasteiger partial charge in [-0.2, -0.15) is 0 Å². The first kappa shape index (κ1) is 19.9. The molecule has 2 aliphatic carbocycles. The summed E-state index contributed by atoms with van der Waals surface area (Å²) in [5.74, 6) is 0.867. The highest BCUT2D eigenvalue weighted by Crippen LogP contribution is 2.44. The number of fused-ring (bicyclic) bond motifs is 2. The quantitative estimate of drug-likeness (QED) is 0.781. The monoisotopic (exact) mass is 416 g/mol. The van der Waals surface area contributed by atoms with E-state index in [1.54, 1.807) is 36.4 Å². The average molecular weight is 417 g/mol. The maximum Gasteiger partial charge on any atom is 0.251 e. The Morgan fingerprint density at radius 2 is 1.76 bits per heavy atom. The Morgan fingerprint density at radius 1 is 1.07 bits per heavy atom. The highest BCUT2D eigenvalue weighted by atomic mass is 32.2. The summed E-state index contributed by atoms with van der Waals surface area (Å²) in [7, 11) is -3.54. The number of halogens is 1. The molecule has 0 saturated heterocycles. The Hall–Kier alpha value is -2.41. The Balaban J connectivity index is 1.48. The molecule has 0 radical (unpaired) electrons. The highest BCUT2D eigenvalue weighted by molar-refractivity contribution is 7.92. The molecule has 2 bridgehead atoms. The van der Waals surface area contributed by atoms with Crippen molar-refractivity contribution in [3.05, 3.63) is 65.5 Å². The minimum atomic E-state index is -3.54. The summed E-state index contributed by atoms with van der Waals surface area (Å²) in [6, 6.07) is 12.6. The fourth-order valence-electron chi connectivity index (χ4n) is 4.61. The van der Waals surface area contributed by atoms with Gasteiger partial charge in [-0.15, -0.1) is 0 Å². The number of anilines is 1. The fraction of sp³-hybridized carbons (Fsp3) is 0.409. The predicted octanol–water partition coefficient (Wildman–Crippen LogP) is 3.71. The topological polar surface area (TPSA) is 66.5 Å². The van der Waals surface area contributed by atoms with Crippen molar-refractivity contribution >= 4 is 21.6 Å². The van der Waals surface area contributed by atoms with Crippen LogP contribution in [0, 0.1) is 17.7 Å². The third-order valence-corrected chi connectivity index (χ3v) is 7.25. The van der Waals surface area contributed by atoms with E-state index in [1.165, 1.54) is 35.7 Å². The van der Waals surface area contributed by atoms with Gasteiger partial charge in [-0.1, -0.05) is 18.6 Å². The summed E-state index contributed by atoms with van der Waals surface area (Å²) >= 11 is 0. The lowest BCUT2D eigenvalue weighted by atomic mass is 9.95. The van der Waals surface area contributed by atoms with Crippen LogP contribution in [-0.2, 0) is 16.6 Å². The molecule has 29 heavy (non-hydrogen) atoms. The van der Waals surface area contributed by atoms with Crippen molar-refractivity contribution in [2.45, 2.75) is 38.3 Å². The van der Waals surface area contributed by atoms with E-state index in [4.69, 9.17) is 0 Å². The van der Waals surface area contributed by atoms with Crippen molar-refractivity contribution in [3.63, 3.8) is 0 Å². The second-order valence-electron chi connectivity index (χ2n) is 8.20. The van der Waals surface area contributed by atoms with Crippen LogP contribution in [0.5, 0.6) is 0 Å². The molecule has 1 N–H and O–H groups in total. The number of rotatable bonds is 6. The molecule has 2 fully saturated rings. The Morgan fingerprint density at radius 3 is 2.31 bits per heavy atom. The number of amides is 1. The third-order valence-electron chi connectivity index (χ3n) is 6.11. The van der Waals surface area contributed by atoms with Gasteiger partial charge in [-0.05, 0) is 73.1 Å². The first-order valence-electron chi connectivity index (χ1n) is 9.92. The van der Waals surface area contributed by atoms with E-state index in [0.29, 0.717) is 22.7 Å². The van der Waals surface area contributed by atoms with Crippen LogP contribution in [-0.4, -0.2) is 26.6 Å². The second kappa shape index (κ2) is 7.78. The molecule has 7 heteroatoms. The van der Waals surface area contributed by atoms with E-state index in [-0.39, 0.29) is 24.3 Å². The lowest BCUT2D eigenvalue weighted by Crippen LogP contribution is -2.38. The number of sulfonamides is 1. The van der Waals surface area contributed by atoms with Gasteiger partial charge in [0.25, 0.3) is 5.91 Å². The number of benzene rings is 2. The van der Waals surface area contributed by atoms with Crippen molar-refractivity contribution < 1.29 is 17.6 Å². The minimum Gasteiger partial charge on any atom is -0.349 e. The summed E-state index contributed by atoms with van der Waals surface area (Å²) in [6.07, 6.45) is 5.89. The van der Waals surface area contributed by atoms with Crippen molar-refractivity contribution in [1.29, 1.82) is 0 Å². The normalized spacial score (nSPS) is 23.2. The van der Waals surface area contributed by atoms with Crippen LogP contribution in [0.2, 0.25) is 0 Å². The van der Waals surface area contributed by atoms with E-state index in [1.807, 2.05) is 0 Å². The summed E-state index contributed by atoms with van der Waals surface area (Å²) in [5, 5.41) is 3.14. The van der Waals surface area contributed by atoms with Gasteiger partial charge in [0.05, 0.1) is 18.5 Å². The molecule has 1 amide bonds. The van der Waals surface area contributed by atoms with Crippen LogP contribution >= 0.6 is 0 Å². The van der Waals surface area contributed by atoms with Gasteiger partial charge < -0.3 is 5.32 Å². The molecule has 0 spiro atoms. The number of nitrogens with zero attached hydrogens (tertiary/aromatic N) is 1. The summed E-state index contributed by atoms with van der Waals surface area (Å²) in [5.41, 5.74) is 1.66. The molecule has 0 aliphatic heterocycles. The molecule has 0 aromatic heterocycles. The third kappa shape index (κ3) is 4.45. The van der Waals surface area contributed by atoms with Gasteiger partial charge >= 0.3 is 0 Å². The van der Waals surface area contributed by atoms with Gasteiger partial charge in [0.1, 0.15) is 5.82 Å². The average Bonchev–Trinajstić information content (AvgIpc) is 3.30. The molecule has 2 saturated carbocycles. The zero-order valence-electron chi connectivity index (χ0n) is 16.3. The molecule has 3 atom stereocenters. The predicted molar refractivity (Wildman–Crippen MR) is 111 cm³/mol. The maximum absolute atomic E-state index is 13.1. The second-order valence-corrected chi connectivity index (χ2v) is 10.1. The van der Waals surface area contributed by atoms with Crippen LogP contribution in [0.15, 0.2) is 48.5 Å². The molecule has 2 aromatic rings. The van der Waals surface area contributed by atoms with Gasteiger partial charge in [0.2, 0.25) is 10.0 Å². The zero-order valence-corrected chi connectivity index (χ0v) is 17.2. The molecule has 0 unspecified atom stereocenters. The van der Waals surface area contributed by atoms with E-state index < -0.39 is 10.0 Å². The summed E-state index contributed by atoms with van der Waals surface area (Å²) < 4.78 is 39.0. The standard InChI is InChI=1S/C22H25FN2O3S/c1-29(27,28)25(14-15-3-8-19(23)9-4-15)20-10-6-17(7-11-20)22(26)24-21-13-16-2-5-18(21)12-16/h3-4,6-11,16,18,21H,2,5,12-14H2,1H3,(H,24,26)/t16-,18-,21-/m0/s1. The summed E-state index contributed by atoms with van der Waals surface area (Å²) in [4.78, 5) is 12.6. The van der Waals surface area contributed by atoms with Crippen LogP contribution in [0.25, 0.3) is 0 Å². The Kier molecular flexibility index (Phi) is 5.34. The zero-order chi connectivity index (χ0) is 20.6. The van der Waals surface area contributed by atoms with Crippen molar-refractivity contribution in [2.24, 2.45) is 11.8 Å². The van der Waals surface area contributed by atoms with E-state index in [9.17, 15) is 17.6 Å². The fourth-order valence-corrected chi connectivity index (χ4v) is 5.50. The number of carbonyl (C=O) groups excluding carboxylic acids is 1. The Labute approximate surface area is 171 Å². The minimum absolute atomic E-state index is 0.0931. The van der Waals surface area contributed by atoms with E-state index >= 15 is 0 Å². The highest BCUT2D eigenvalue weighted by Gasteiger charge is 2.40. The van der Waals surface area contributed by atoms with Crippen LogP contribution in [0.3, 0.4) is 0 Å². The molecule has 0 heterocycles. The SMILES string of the molecule is CS(=O)(=O)N(Cc1ccc(F)cc1)c1ccc(C(=O)N[C@H]2C[C@H]3CC[C@H]2C3)cc1. The van der Waals surface area contributed by atoms with Gasteiger partial charge in [-0.3, -0.25) is 9.10 Å². The van der Waals surface area contributed by atoms with E-state index in [0.717, 1.165) is 18.6 Å².